The van der Waals surface area contributed by atoms with Crippen LogP contribution in [0.5, 0.6) is 0 Å². The lowest BCUT2D eigenvalue weighted by molar-refractivity contribution is -0.384. The second-order valence-electron chi connectivity index (χ2n) is 7.04. The summed E-state index contributed by atoms with van der Waals surface area (Å²) in [7, 11) is -3.79. The molecule has 0 N–H and O–H groups in total. The van der Waals surface area contributed by atoms with Gasteiger partial charge in [-0.2, -0.15) is 8.99 Å². The number of halogens is 2. The zero-order valence-electron chi connectivity index (χ0n) is 16.5. The van der Waals surface area contributed by atoms with Gasteiger partial charge in [0.2, 0.25) is 10.0 Å². The Morgan fingerprint density at radius 2 is 1.69 bits per heavy atom. The molecule has 0 spiro atoms. The number of benzene rings is 2. The summed E-state index contributed by atoms with van der Waals surface area (Å²) in [5.41, 5.74) is 0.0795. The van der Waals surface area contributed by atoms with Gasteiger partial charge in [-0.15, -0.1) is 5.10 Å². The first kappa shape index (κ1) is 21.9. The third-order valence-corrected chi connectivity index (χ3v) is 6.98. The Kier molecular flexibility index (Phi) is 5.90. The van der Waals surface area contributed by atoms with Crippen LogP contribution in [0.3, 0.4) is 0 Å². The minimum absolute atomic E-state index is 0.0150. The predicted octanol–water partition coefficient (Wildman–Crippen LogP) is 1.36. The highest BCUT2D eigenvalue weighted by Crippen LogP contribution is 2.21. The van der Waals surface area contributed by atoms with E-state index in [1.165, 1.54) is 27.2 Å². The summed E-state index contributed by atoms with van der Waals surface area (Å²) in [5, 5.41) is 22.1. The van der Waals surface area contributed by atoms with Crippen LogP contribution in [-0.4, -0.2) is 68.9 Å². The highest BCUT2D eigenvalue weighted by Gasteiger charge is 2.29. The van der Waals surface area contributed by atoms with Crippen molar-refractivity contribution in [3.05, 3.63) is 70.0 Å². The summed E-state index contributed by atoms with van der Waals surface area (Å²) >= 11 is 0. The summed E-state index contributed by atoms with van der Waals surface area (Å²) in [4.78, 5) is 12.1. The number of nitro groups is 1. The minimum atomic E-state index is -3.79. The van der Waals surface area contributed by atoms with E-state index in [4.69, 9.17) is 0 Å². The fourth-order valence-corrected chi connectivity index (χ4v) is 4.76. The zero-order valence-corrected chi connectivity index (χ0v) is 17.3. The zero-order chi connectivity index (χ0) is 22.9. The molecule has 1 saturated heterocycles. The molecule has 0 saturated carbocycles. The minimum Gasteiger partial charge on any atom is -0.293 e. The number of sulfonamides is 1. The van der Waals surface area contributed by atoms with Crippen molar-refractivity contribution in [2.75, 3.05) is 26.2 Å². The second kappa shape index (κ2) is 8.64. The summed E-state index contributed by atoms with van der Waals surface area (Å²) in [5.74, 6) is -1.61. The summed E-state index contributed by atoms with van der Waals surface area (Å²) in [6.45, 7) is 1.45. The lowest BCUT2D eigenvalue weighted by Gasteiger charge is -2.33. The summed E-state index contributed by atoms with van der Waals surface area (Å²) in [6, 6.07) is 8.07. The van der Waals surface area contributed by atoms with Crippen LogP contribution in [0.15, 0.2) is 47.4 Å². The number of rotatable bonds is 6. The quantitative estimate of drug-likeness (QED) is 0.394. The molecule has 0 aliphatic carbocycles. The van der Waals surface area contributed by atoms with Gasteiger partial charge < -0.3 is 0 Å². The number of hydrogen-bond donors (Lipinski definition) is 0. The maximum Gasteiger partial charge on any atom is 0.269 e. The van der Waals surface area contributed by atoms with Crippen LogP contribution in [0.4, 0.5) is 14.5 Å². The van der Waals surface area contributed by atoms with Gasteiger partial charge in [0.05, 0.1) is 22.1 Å². The van der Waals surface area contributed by atoms with Crippen molar-refractivity contribution in [3.63, 3.8) is 0 Å². The van der Waals surface area contributed by atoms with E-state index in [9.17, 15) is 27.3 Å². The van der Waals surface area contributed by atoms with Gasteiger partial charge in [-0.05, 0) is 34.7 Å². The maximum absolute atomic E-state index is 13.6. The standard InChI is InChI=1S/C18H17F2N7O4S/c19-16-6-3-14(11-17(16)20)26-18(21-22-23-26)12-24-7-9-25(10-8-24)32(30,31)15-4-1-13(2-5-15)27(28)29/h1-6,11H,7-10,12H2. The molecule has 1 aliphatic heterocycles. The van der Waals surface area contributed by atoms with E-state index in [1.54, 1.807) is 0 Å². The summed E-state index contributed by atoms with van der Waals surface area (Å²) in [6.07, 6.45) is 0. The molecule has 0 unspecified atom stereocenters. The van der Waals surface area contributed by atoms with Gasteiger partial charge in [0.25, 0.3) is 5.69 Å². The van der Waals surface area contributed by atoms with Crippen molar-refractivity contribution in [2.24, 2.45) is 0 Å². The number of non-ortho nitro benzene ring substituents is 1. The van der Waals surface area contributed by atoms with Crippen LogP contribution in [0.1, 0.15) is 5.82 Å². The molecule has 11 nitrogen and oxygen atoms in total. The van der Waals surface area contributed by atoms with Crippen LogP contribution >= 0.6 is 0 Å². The van der Waals surface area contributed by atoms with E-state index < -0.39 is 26.6 Å². The van der Waals surface area contributed by atoms with Gasteiger partial charge in [-0.3, -0.25) is 15.0 Å². The molecule has 0 radical (unpaired) electrons. The van der Waals surface area contributed by atoms with Crippen LogP contribution in [0, 0.1) is 21.7 Å². The molecule has 1 aliphatic rings. The van der Waals surface area contributed by atoms with E-state index >= 15 is 0 Å². The molecule has 0 atom stereocenters. The van der Waals surface area contributed by atoms with Gasteiger partial charge in [0, 0.05) is 44.4 Å². The number of hydrogen-bond acceptors (Lipinski definition) is 8. The fourth-order valence-electron chi connectivity index (χ4n) is 3.34. The molecule has 4 rings (SSSR count). The predicted molar refractivity (Wildman–Crippen MR) is 106 cm³/mol. The first-order valence-corrected chi connectivity index (χ1v) is 10.9. The number of nitro benzene ring substituents is 1. The van der Waals surface area contributed by atoms with E-state index in [2.05, 4.69) is 15.5 Å². The second-order valence-corrected chi connectivity index (χ2v) is 8.97. The molecule has 0 bridgehead atoms. The van der Waals surface area contributed by atoms with Crippen LogP contribution in [0.25, 0.3) is 5.69 Å². The third-order valence-electron chi connectivity index (χ3n) is 5.06. The van der Waals surface area contributed by atoms with Crippen LogP contribution in [-0.2, 0) is 16.6 Å². The monoisotopic (exact) mass is 465 g/mol. The van der Waals surface area contributed by atoms with Crippen molar-refractivity contribution >= 4 is 15.7 Å². The fraction of sp³-hybridized carbons (Fsp3) is 0.278. The van der Waals surface area contributed by atoms with E-state index in [0.717, 1.165) is 24.3 Å². The van der Waals surface area contributed by atoms with Gasteiger partial charge in [0.1, 0.15) is 0 Å². The molecule has 1 aromatic heterocycles. The Labute approximate surface area is 181 Å². The number of aromatic nitrogens is 4. The smallest absolute Gasteiger partial charge is 0.269 e. The lowest BCUT2D eigenvalue weighted by atomic mass is 10.3. The summed E-state index contributed by atoms with van der Waals surface area (Å²) < 4.78 is 55.0. The third kappa shape index (κ3) is 4.32. The highest BCUT2D eigenvalue weighted by atomic mass is 32.2. The molecular weight excluding hydrogens is 448 g/mol. The molecule has 2 heterocycles. The Bertz CT molecular complexity index is 1240. The first-order chi connectivity index (χ1) is 15.3. The van der Waals surface area contributed by atoms with Crippen molar-refractivity contribution < 1.29 is 22.1 Å². The molecule has 0 amide bonds. The van der Waals surface area contributed by atoms with Gasteiger partial charge in [-0.1, -0.05) is 0 Å². The van der Waals surface area contributed by atoms with E-state index in [0.29, 0.717) is 18.9 Å². The lowest BCUT2D eigenvalue weighted by Crippen LogP contribution is -2.48. The molecule has 32 heavy (non-hydrogen) atoms. The maximum atomic E-state index is 13.6. The first-order valence-electron chi connectivity index (χ1n) is 9.45. The van der Waals surface area contributed by atoms with Crippen molar-refractivity contribution in [2.45, 2.75) is 11.4 Å². The van der Waals surface area contributed by atoms with E-state index in [1.807, 2.05) is 4.90 Å². The van der Waals surface area contributed by atoms with Crippen LogP contribution < -0.4 is 0 Å². The molecule has 1 fully saturated rings. The Morgan fingerprint density at radius 3 is 2.31 bits per heavy atom. The molecular formula is C18H17F2N7O4S. The topological polar surface area (TPSA) is 127 Å². The molecule has 2 aromatic carbocycles. The number of tetrazole rings is 1. The SMILES string of the molecule is O=[N+]([O-])c1ccc(S(=O)(=O)N2CCN(Cc3nnnn3-c3ccc(F)c(F)c3)CC2)cc1. The van der Waals surface area contributed by atoms with Crippen LogP contribution in [0.2, 0.25) is 0 Å². The normalized spacial score (nSPS) is 15.7. The molecule has 14 heteroatoms. The van der Waals surface area contributed by atoms with Crippen molar-refractivity contribution in [1.82, 2.24) is 29.4 Å². The highest BCUT2D eigenvalue weighted by molar-refractivity contribution is 7.89. The average molecular weight is 465 g/mol. The van der Waals surface area contributed by atoms with Gasteiger partial charge >= 0.3 is 0 Å². The molecule has 3 aromatic rings. The Balaban J connectivity index is 1.42. The average Bonchev–Trinajstić information content (AvgIpc) is 3.24. The molecule has 168 valence electrons. The largest absolute Gasteiger partial charge is 0.293 e. The number of nitrogens with zero attached hydrogens (tertiary/aromatic N) is 7. The van der Waals surface area contributed by atoms with Gasteiger partial charge in [0.15, 0.2) is 17.5 Å². The Morgan fingerprint density at radius 1 is 1.00 bits per heavy atom. The van der Waals surface area contributed by atoms with Gasteiger partial charge in [-0.25, -0.2) is 17.2 Å². The van der Waals surface area contributed by atoms with Crippen molar-refractivity contribution in [1.29, 1.82) is 0 Å². The Hall–Kier alpha value is -3.36. The van der Waals surface area contributed by atoms with Crippen molar-refractivity contribution in [3.8, 4) is 5.69 Å². The van der Waals surface area contributed by atoms with E-state index in [-0.39, 0.29) is 35.9 Å². The number of piperazine rings is 1.